The van der Waals surface area contributed by atoms with Crippen LogP contribution in [-0.2, 0) is 16.4 Å². The summed E-state index contributed by atoms with van der Waals surface area (Å²) in [5.74, 6) is 0. The first-order valence-corrected chi connectivity index (χ1v) is 9.14. The van der Waals surface area contributed by atoms with E-state index in [-0.39, 0.29) is 6.42 Å². The zero-order valence-corrected chi connectivity index (χ0v) is 11.3. The molecule has 0 heterocycles. The predicted octanol–water partition coefficient (Wildman–Crippen LogP) is 3.15. The molecule has 0 aromatic heterocycles. The number of halogens is 1. The Morgan fingerprint density at radius 1 is 1.41 bits per heavy atom. The van der Waals surface area contributed by atoms with Crippen molar-refractivity contribution < 1.29 is 8.82 Å². The fourth-order valence-corrected chi connectivity index (χ4v) is 3.57. The van der Waals surface area contributed by atoms with Crippen LogP contribution in [-0.4, -0.2) is 14.5 Å². The summed E-state index contributed by atoms with van der Waals surface area (Å²) < 4.78 is 20.1. The first-order valence-electron chi connectivity index (χ1n) is 5.73. The molecule has 0 saturated heterocycles. The molecular weight excluding hydrogens is 233 g/mol. The molecule has 0 fully saturated rings. The van der Waals surface area contributed by atoms with Crippen LogP contribution in [0.25, 0.3) is 0 Å². The normalized spacial score (nSPS) is 27.6. The maximum absolute atomic E-state index is 14.2. The van der Waals surface area contributed by atoms with Crippen LogP contribution in [0, 0.1) is 11.3 Å². The largest absolute Gasteiger partial charge is 0.394 e. The Bertz CT molecular complexity index is 477. The van der Waals surface area contributed by atoms with Crippen LogP contribution in [0.15, 0.2) is 24.3 Å². The van der Waals surface area contributed by atoms with Gasteiger partial charge in [-0.1, -0.05) is 24.3 Å². The molecule has 90 valence electrons. The van der Waals surface area contributed by atoms with Crippen LogP contribution in [0.1, 0.15) is 11.1 Å². The number of rotatable bonds is 2. The van der Waals surface area contributed by atoms with Crippen LogP contribution in [0.2, 0.25) is 19.6 Å². The quantitative estimate of drug-likeness (QED) is 0.754. The Balaban J connectivity index is 2.51. The Hall–Kier alpha value is -1.18. The number of alkyl halides is 1. The molecule has 0 amide bonds. The van der Waals surface area contributed by atoms with Crippen molar-refractivity contribution >= 4 is 8.32 Å². The summed E-state index contributed by atoms with van der Waals surface area (Å²) in [5, 5.41) is 9.40. The monoisotopic (exact) mass is 249 g/mol. The van der Waals surface area contributed by atoms with Crippen LogP contribution in [0.3, 0.4) is 0 Å². The summed E-state index contributed by atoms with van der Waals surface area (Å²) in [6.45, 7) is 5.92. The minimum Gasteiger partial charge on any atom is -0.394 e. The van der Waals surface area contributed by atoms with Crippen LogP contribution >= 0.6 is 0 Å². The van der Waals surface area contributed by atoms with E-state index in [1.807, 2.05) is 37.8 Å². The van der Waals surface area contributed by atoms with Gasteiger partial charge in [0.15, 0.2) is 8.32 Å². The van der Waals surface area contributed by atoms with Crippen LogP contribution in [0.4, 0.5) is 4.39 Å². The second-order valence-electron chi connectivity index (χ2n) is 5.39. The summed E-state index contributed by atoms with van der Waals surface area (Å²) in [6, 6.07) is 9.45. The fourth-order valence-electron chi connectivity index (χ4n) is 2.32. The van der Waals surface area contributed by atoms with E-state index < -0.39 is 20.1 Å². The van der Waals surface area contributed by atoms with Crippen LogP contribution < -0.4 is 0 Å². The van der Waals surface area contributed by atoms with E-state index in [0.717, 1.165) is 5.56 Å². The first-order chi connectivity index (χ1) is 7.89. The molecule has 0 saturated carbocycles. The number of hydrogen-bond donors (Lipinski definition) is 0. The minimum absolute atomic E-state index is 0.272. The molecule has 0 spiro atoms. The lowest BCUT2D eigenvalue weighted by atomic mass is 9.97. The number of benzene rings is 1. The molecule has 0 bridgehead atoms. The third kappa shape index (κ3) is 2.01. The molecule has 2 nitrogen and oxygen atoms in total. The Labute approximate surface area is 102 Å². The Kier molecular flexibility index (Phi) is 2.84. The molecule has 17 heavy (non-hydrogen) atoms. The number of hydrogen-bond acceptors (Lipinski definition) is 2. The van der Waals surface area contributed by atoms with E-state index in [4.69, 9.17) is 4.43 Å². The van der Waals surface area contributed by atoms with Gasteiger partial charge >= 0.3 is 0 Å². The third-order valence-corrected chi connectivity index (χ3v) is 3.83. The van der Waals surface area contributed by atoms with Crippen molar-refractivity contribution in [2.45, 2.75) is 37.8 Å². The molecule has 1 aromatic rings. The number of fused-ring (bicyclic) bond motifs is 1. The summed E-state index contributed by atoms with van der Waals surface area (Å²) in [6.07, 6.45) is -0.995. The van der Waals surface area contributed by atoms with E-state index in [1.54, 1.807) is 6.07 Å². The predicted molar refractivity (Wildman–Crippen MR) is 66.8 cm³/mol. The minimum atomic E-state index is -1.99. The zero-order chi connectivity index (χ0) is 12.7. The average molecular weight is 249 g/mol. The van der Waals surface area contributed by atoms with Gasteiger partial charge in [-0.25, -0.2) is 4.39 Å². The molecular formula is C13H16FNOSi. The van der Waals surface area contributed by atoms with Gasteiger partial charge in [-0.05, 0) is 25.2 Å². The molecule has 1 aliphatic carbocycles. The molecule has 0 aliphatic heterocycles. The van der Waals surface area contributed by atoms with Crippen molar-refractivity contribution in [1.82, 2.24) is 0 Å². The summed E-state index contributed by atoms with van der Waals surface area (Å²) >= 11 is 0. The summed E-state index contributed by atoms with van der Waals surface area (Å²) in [7, 11) is -1.99. The van der Waals surface area contributed by atoms with Gasteiger partial charge in [-0.2, -0.15) is 5.26 Å². The molecule has 2 atom stereocenters. The summed E-state index contributed by atoms with van der Waals surface area (Å²) in [5.41, 5.74) is 0.207. The number of nitriles is 1. The van der Waals surface area contributed by atoms with Crippen molar-refractivity contribution in [1.29, 1.82) is 5.26 Å². The van der Waals surface area contributed by atoms with Gasteiger partial charge in [0.2, 0.25) is 5.60 Å². The first kappa shape index (κ1) is 12.3. The smallest absolute Gasteiger partial charge is 0.202 e. The van der Waals surface area contributed by atoms with Crippen molar-refractivity contribution in [2.24, 2.45) is 0 Å². The van der Waals surface area contributed by atoms with Gasteiger partial charge in [-0.15, -0.1) is 0 Å². The Morgan fingerprint density at radius 3 is 2.65 bits per heavy atom. The highest BCUT2D eigenvalue weighted by molar-refractivity contribution is 6.69. The van der Waals surface area contributed by atoms with Gasteiger partial charge in [0, 0.05) is 12.0 Å². The van der Waals surface area contributed by atoms with E-state index in [2.05, 4.69) is 6.07 Å². The van der Waals surface area contributed by atoms with E-state index in [1.165, 1.54) is 0 Å². The maximum Gasteiger partial charge on any atom is 0.202 e. The molecule has 0 unspecified atom stereocenters. The lowest BCUT2D eigenvalue weighted by Gasteiger charge is -2.32. The highest BCUT2D eigenvalue weighted by Crippen LogP contribution is 2.43. The van der Waals surface area contributed by atoms with Gasteiger partial charge < -0.3 is 4.43 Å². The van der Waals surface area contributed by atoms with Gasteiger partial charge in [0.25, 0.3) is 0 Å². The average Bonchev–Trinajstić information content (AvgIpc) is 2.51. The SMILES string of the molecule is C[Si](C)(C)O[C@@]1(C#N)c2ccccc2C[C@@H]1F. The molecule has 0 radical (unpaired) electrons. The number of nitrogens with zero attached hydrogens (tertiary/aromatic N) is 1. The van der Waals surface area contributed by atoms with Crippen molar-refractivity contribution in [3.05, 3.63) is 35.4 Å². The van der Waals surface area contributed by atoms with E-state index in [9.17, 15) is 9.65 Å². The fraction of sp³-hybridized carbons (Fsp3) is 0.462. The van der Waals surface area contributed by atoms with Gasteiger partial charge in [0.05, 0.1) is 0 Å². The highest BCUT2D eigenvalue weighted by atomic mass is 28.4. The maximum atomic E-state index is 14.2. The topological polar surface area (TPSA) is 33.0 Å². The van der Waals surface area contributed by atoms with Crippen LogP contribution in [0.5, 0.6) is 0 Å². The van der Waals surface area contributed by atoms with Crippen molar-refractivity contribution in [2.75, 3.05) is 0 Å². The van der Waals surface area contributed by atoms with Crippen molar-refractivity contribution in [3.8, 4) is 6.07 Å². The lowest BCUT2D eigenvalue weighted by molar-refractivity contribution is 0.0413. The van der Waals surface area contributed by atoms with E-state index >= 15 is 0 Å². The molecule has 4 heteroatoms. The lowest BCUT2D eigenvalue weighted by Crippen LogP contribution is -2.43. The second-order valence-corrected chi connectivity index (χ2v) is 9.82. The standard InChI is InChI=1S/C13H16FNOSi/c1-17(2,3)16-13(9-15)11-7-5-4-6-10(11)8-12(13)14/h4-7,12H,8H2,1-3H3/t12-,13-/m0/s1. The molecule has 2 rings (SSSR count). The molecule has 1 aliphatic rings. The zero-order valence-electron chi connectivity index (χ0n) is 10.3. The van der Waals surface area contributed by atoms with Gasteiger partial charge in [0.1, 0.15) is 12.2 Å². The second kappa shape index (κ2) is 3.93. The molecule has 1 aromatic carbocycles. The molecule has 0 N–H and O–H groups in total. The van der Waals surface area contributed by atoms with Crippen molar-refractivity contribution in [3.63, 3.8) is 0 Å². The van der Waals surface area contributed by atoms with Gasteiger partial charge in [-0.3, -0.25) is 0 Å². The highest BCUT2D eigenvalue weighted by Gasteiger charge is 2.51. The Morgan fingerprint density at radius 2 is 2.06 bits per heavy atom. The van der Waals surface area contributed by atoms with E-state index in [0.29, 0.717) is 5.56 Å². The third-order valence-electron chi connectivity index (χ3n) is 2.89. The summed E-state index contributed by atoms with van der Waals surface area (Å²) in [4.78, 5) is 0.